The van der Waals surface area contributed by atoms with E-state index in [1.54, 1.807) is 18.6 Å². The number of hydrogen-bond donors (Lipinski definition) is 0. The third kappa shape index (κ3) is 1.89. The summed E-state index contributed by atoms with van der Waals surface area (Å²) in [6.45, 7) is 2.24. The molecule has 124 valence electrons. The Balaban J connectivity index is 1.77. The summed E-state index contributed by atoms with van der Waals surface area (Å²) in [5.41, 5.74) is 6.64. The van der Waals surface area contributed by atoms with Gasteiger partial charge in [-0.3, -0.25) is 0 Å². The smallest absolute Gasteiger partial charge is 0.339 e. The number of esters is 2. The average molecular weight is 334 g/mol. The van der Waals surface area contributed by atoms with Crippen LogP contribution >= 0.6 is 0 Å². The first-order valence-corrected chi connectivity index (χ1v) is 8.12. The van der Waals surface area contributed by atoms with Crippen molar-refractivity contribution in [3.63, 3.8) is 0 Å². The van der Waals surface area contributed by atoms with Crippen LogP contribution in [0.3, 0.4) is 0 Å². The van der Waals surface area contributed by atoms with E-state index in [2.05, 4.69) is 0 Å². The molecule has 2 aromatic rings. The van der Waals surface area contributed by atoms with Crippen molar-refractivity contribution in [2.24, 2.45) is 0 Å². The predicted octanol–water partition coefficient (Wildman–Crippen LogP) is 3.58. The van der Waals surface area contributed by atoms with Crippen LogP contribution in [0.2, 0.25) is 0 Å². The molecular weight excluding hydrogens is 320 g/mol. The molecule has 1 aromatic carbocycles. The van der Waals surface area contributed by atoms with Crippen LogP contribution in [0.5, 0.6) is 0 Å². The zero-order chi connectivity index (χ0) is 17.1. The molecule has 3 aliphatic rings. The molecule has 5 heteroatoms. The lowest BCUT2D eigenvalue weighted by Gasteiger charge is -2.16. The number of carbonyl (C=O) groups is 2. The van der Waals surface area contributed by atoms with Gasteiger partial charge in [0.05, 0.1) is 18.1 Å². The predicted molar refractivity (Wildman–Crippen MR) is 88.7 cm³/mol. The van der Waals surface area contributed by atoms with Gasteiger partial charge in [-0.15, -0.1) is 0 Å². The Labute approximate surface area is 143 Å². The van der Waals surface area contributed by atoms with E-state index in [1.807, 2.05) is 25.1 Å². The van der Waals surface area contributed by atoms with Gasteiger partial charge in [0.25, 0.3) is 0 Å². The van der Waals surface area contributed by atoms with Crippen molar-refractivity contribution in [3.05, 3.63) is 69.7 Å². The van der Waals surface area contributed by atoms with Crippen LogP contribution in [0.15, 0.2) is 40.7 Å². The number of rotatable bonds is 1. The first kappa shape index (κ1) is 14.3. The molecule has 0 bridgehead atoms. The number of cyclic esters (lactones) is 2. The van der Waals surface area contributed by atoms with Gasteiger partial charge in [0.15, 0.2) is 6.10 Å². The Hall–Kier alpha value is -3.08. The third-order valence-electron chi connectivity index (χ3n) is 5.12. The number of furan rings is 1. The summed E-state index contributed by atoms with van der Waals surface area (Å²) in [6.07, 6.45) is 7.24. The largest absolute Gasteiger partial charge is 0.472 e. The number of ether oxygens (including phenoxy) is 2. The van der Waals surface area contributed by atoms with Crippen molar-refractivity contribution in [1.82, 2.24) is 0 Å². The fraction of sp³-hybridized carbons (Fsp3) is 0.200. The second-order valence-electron chi connectivity index (χ2n) is 6.41. The van der Waals surface area contributed by atoms with E-state index in [0.717, 1.165) is 33.4 Å². The highest BCUT2D eigenvalue weighted by molar-refractivity contribution is 6.05. The van der Waals surface area contributed by atoms with Crippen LogP contribution < -0.4 is 0 Å². The molecule has 3 heterocycles. The Bertz CT molecular complexity index is 992. The highest BCUT2D eigenvalue weighted by Crippen LogP contribution is 2.44. The minimum Gasteiger partial charge on any atom is -0.472 e. The molecule has 0 radical (unpaired) electrons. The van der Waals surface area contributed by atoms with Crippen LogP contribution in [0, 0.1) is 6.92 Å². The molecule has 0 fully saturated rings. The number of carbonyl (C=O) groups excluding carboxylic acids is 2. The summed E-state index contributed by atoms with van der Waals surface area (Å²) in [7, 11) is 0. The molecule has 25 heavy (non-hydrogen) atoms. The van der Waals surface area contributed by atoms with Gasteiger partial charge in [0.2, 0.25) is 0 Å². The number of fused-ring (bicyclic) bond motifs is 3. The maximum Gasteiger partial charge on any atom is 0.339 e. The first-order valence-electron chi connectivity index (χ1n) is 8.12. The van der Waals surface area contributed by atoms with Gasteiger partial charge in [-0.05, 0) is 42.2 Å². The van der Waals surface area contributed by atoms with E-state index < -0.39 is 6.10 Å². The molecule has 0 spiro atoms. The topological polar surface area (TPSA) is 65.7 Å². The van der Waals surface area contributed by atoms with Crippen molar-refractivity contribution < 1.29 is 23.5 Å². The van der Waals surface area contributed by atoms with Crippen molar-refractivity contribution in [3.8, 4) is 0 Å². The summed E-state index contributed by atoms with van der Waals surface area (Å²) in [5.74, 6) is -0.628. The SMILES string of the molecule is Cc1c2c(cc3c1[C@H](c1ccoc1)OC3=O)C1=C(CC=C2)C(=O)OC1. The molecule has 0 unspecified atom stereocenters. The zero-order valence-corrected chi connectivity index (χ0v) is 13.5. The number of benzene rings is 1. The number of hydrogen-bond acceptors (Lipinski definition) is 5. The average Bonchev–Trinajstić information content (AvgIpc) is 3.28. The highest BCUT2D eigenvalue weighted by atomic mass is 16.6. The molecule has 5 rings (SSSR count). The highest BCUT2D eigenvalue weighted by Gasteiger charge is 2.38. The van der Waals surface area contributed by atoms with Gasteiger partial charge in [-0.1, -0.05) is 12.2 Å². The summed E-state index contributed by atoms with van der Waals surface area (Å²) < 4.78 is 16.0. The van der Waals surface area contributed by atoms with Crippen molar-refractivity contribution in [1.29, 1.82) is 0 Å². The summed E-state index contributed by atoms with van der Waals surface area (Å²) in [5, 5.41) is 0. The summed E-state index contributed by atoms with van der Waals surface area (Å²) in [4.78, 5) is 24.4. The normalized spacial score (nSPS) is 20.8. The fourth-order valence-electron chi connectivity index (χ4n) is 3.89. The van der Waals surface area contributed by atoms with Crippen LogP contribution in [0.4, 0.5) is 0 Å². The molecule has 0 amide bonds. The van der Waals surface area contributed by atoms with E-state index >= 15 is 0 Å². The van der Waals surface area contributed by atoms with E-state index in [9.17, 15) is 9.59 Å². The van der Waals surface area contributed by atoms with Crippen LogP contribution in [-0.2, 0) is 14.3 Å². The van der Waals surface area contributed by atoms with Crippen molar-refractivity contribution in [2.45, 2.75) is 19.4 Å². The Morgan fingerprint density at radius 1 is 1.12 bits per heavy atom. The Kier molecular flexibility index (Phi) is 2.83. The molecule has 1 aliphatic carbocycles. The molecule has 2 aliphatic heterocycles. The summed E-state index contributed by atoms with van der Waals surface area (Å²) >= 11 is 0. The van der Waals surface area contributed by atoms with Gasteiger partial charge in [0, 0.05) is 22.3 Å². The molecule has 1 atom stereocenters. The van der Waals surface area contributed by atoms with E-state index in [1.165, 1.54) is 0 Å². The molecule has 0 saturated carbocycles. The van der Waals surface area contributed by atoms with Crippen LogP contribution in [-0.4, -0.2) is 18.5 Å². The Morgan fingerprint density at radius 2 is 2.00 bits per heavy atom. The molecular formula is C20H14O5. The fourth-order valence-corrected chi connectivity index (χ4v) is 3.89. The van der Waals surface area contributed by atoms with Gasteiger partial charge in [0.1, 0.15) is 6.61 Å². The van der Waals surface area contributed by atoms with E-state index in [0.29, 0.717) is 17.6 Å². The lowest BCUT2D eigenvalue weighted by molar-refractivity contribution is -0.135. The lowest BCUT2D eigenvalue weighted by Crippen LogP contribution is -2.03. The van der Waals surface area contributed by atoms with Crippen LogP contribution in [0.1, 0.15) is 50.7 Å². The Morgan fingerprint density at radius 3 is 2.80 bits per heavy atom. The summed E-state index contributed by atoms with van der Waals surface area (Å²) in [6, 6.07) is 3.64. The second-order valence-corrected chi connectivity index (χ2v) is 6.41. The molecule has 0 saturated heterocycles. The quantitative estimate of drug-likeness (QED) is 0.746. The molecule has 1 aromatic heterocycles. The zero-order valence-electron chi connectivity index (χ0n) is 13.5. The number of allylic oxidation sites excluding steroid dienone is 1. The van der Waals surface area contributed by atoms with Gasteiger partial charge in [-0.2, -0.15) is 0 Å². The minimum absolute atomic E-state index is 0.251. The van der Waals surface area contributed by atoms with Gasteiger partial charge in [-0.25, -0.2) is 9.59 Å². The maximum atomic E-state index is 12.5. The lowest BCUT2D eigenvalue weighted by atomic mass is 9.87. The van der Waals surface area contributed by atoms with E-state index in [4.69, 9.17) is 13.9 Å². The van der Waals surface area contributed by atoms with Gasteiger partial charge < -0.3 is 13.9 Å². The van der Waals surface area contributed by atoms with Crippen LogP contribution in [0.25, 0.3) is 11.6 Å². The molecule has 0 N–H and O–H groups in total. The third-order valence-corrected chi connectivity index (χ3v) is 5.12. The van der Waals surface area contributed by atoms with Gasteiger partial charge >= 0.3 is 11.9 Å². The maximum absolute atomic E-state index is 12.5. The standard InChI is InChI=1S/C20H14O5/c1-10-12-3-2-4-13-16(9-24-19(13)21)14(12)7-15-17(10)18(25-20(15)22)11-5-6-23-8-11/h2-3,5-8,18H,4,9H2,1H3/t18-/m0/s1. The minimum atomic E-state index is -0.460. The van der Waals surface area contributed by atoms with Crippen molar-refractivity contribution >= 4 is 23.6 Å². The first-order chi connectivity index (χ1) is 12.1. The van der Waals surface area contributed by atoms with E-state index in [-0.39, 0.29) is 18.5 Å². The second kappa shape index (κ2) is 4.96. The molecule has 5 nitrogen and oxygen atoms in total. The van der Waals surface area contributed by atoms with Crippen molar-refractivity contribution in [2.75, 3.05) is 6.61 Å². The monoisotopic (exact) mass is 334 g/mol.